The molecule has 2 rings (SSSR count). The summed E-state index contributed by atoms with van der Waals surface area (Å²) in [6.45, 7) is 2.46. The molecule has 1 aliphatic rings. The predicted octanol–water partition coefficient (Wildman–Crippen LogP) is 0.204. The van der Waals surface area contributed by atoms with Gasteiger partial charge < -0.3 is 15.0 Å². The molecule has 1 aromatic carbocycles. The van der Waals surface area contributed by atoms with Gasteiger partial charge in [-0.2, -0.15) is 0 Å². The number of nitrogens with zero attached hydrogens (tertiary/aromatic N) is 1. The van der Waals surface area contributed by atoms with Gasteiger partial charge in [0.15, 0.2) is 0 Å². The zero-order chi connectivity index (χ0) is 13.5. The van der Waals surface area contributed by atoms with Crippen LogP contribution in [-0.4, -0.2) is 49.6 Å². The molecule has 19 heavy (non-hydrogen) atoms. The molecule has 0 aromatic heterocycles. The molecular formula is C14H18N2O3. The van der Waals surface area contributed by atoms with Crippen molar-refractivity contribution < 1.29 is 14.3 Å². The number of carbonyl (C=O) groups excluding carboxylic acids is 2. The second-order valence-corrected chi connectivity index (χ2v) is 4.40. The van der Waals surface area contributed by atoms with E-state index in [1.807, 2.05) is 30.3 Å². The Morgan fingerprint density at radius 3 is 2.53 bits per heavy atom. The number of morpholine rings is 1. The van der Waals surface area contributed by atoms with Gasteiger partial charge in [-0.05, 0) is 12.0 Å². The van der Waals surface area contributed by atoms with Crippen LogP contribution in [0.5, 0.6) is 0 Å². The molecule has 102 valence electrons. The summed E-state index contributed by atoms with van der Waals surface area (Å²) in [6.07, 6.45) is 0.725. The van der Waals surface area contributed by atoms with Crippen molar-refractivity contribution in [1.29, 1.82) is 0 Å². The monoisotopic (exact) mass is 262 g/mol. The number of hydrogen-bond acceptors (Lipinski definition) is 3. The third-order valence-corrected chi connectivity index (χ3v) is 3.03. The minimum atomic E-state index is -0.530. The van der Waals surface area contributed by atoms with Gasteiger partial charge in [0.1, 0.15) is 0 Å². The van der Waals surface area contributed by atoms with Crippen molar-refractivity contribution in [3.05, 3.63) is 35.9 Å². The van der Waals surface area contributed by atoms with Gasteiger partial charge in [-0.15, -0.1) is 0 Å². The maximum Gasteiger partial charge on any atom is 0.312 e. The van der Waals surface area contributed by atoms with Crippen molar-refractivity contribution >= 4 is 11.8 Å². The zero-order valence-corrected chi connectivity index (χ0v) is 10.8. The van der Waals surface area contributed by atoms with E-state index in [0.29, 0.717) is 32.8 Å². The third kappa shape index (κ3) is 4.06. The molecule has 0 atom stereocenters. The van der Waals surface area contributed by atoms with Crippen LogP contribution in [0.1, 0.15) is 5.56 Å². The van der Waals surface area contributed by atoms with E-state index in [-0.39, 0.29) is 0 Å². The van der Waals surface area contributed by atoms with E-state index in [9.17, 15) is 9.59 Å². The molecule has 0 aliphatic carbocycles. The molecule has 5 nitrogen and oxygen atoms in total. The smallest absolute Gasteiger partial charge is 0.312 e. The number of carbonyl (C=O) groups is 2. The highest BCUT2D eigenvalue weighted by molar-refractivity contribution is 6.35. The largest absolute Gasteiger partial charge is 0.378 e. The highest BCUT2D eigenvalue weighted by Gasteiger charge is 2.22. The summed E-state index contributed by atoms with van der Waals surface area (Å²) in [4.78, 5) is 25.0. The van der Waals surface area contributed by atoms with Crippen LogP contribution in [0.25, 0.3) is 0 Å². The molecule has 0 unspecified atom stereocenters. The molecule has 1 saturated heterocycles. The Hall–Kier alpha value is -1.88. The molecule has 1 heterocycles. The Morgan fingerprint density at radius 2 is 1.84 bits per heavy atom. The van der Waals surface area contributed by atoms with Crippen molar-refractivity contribution in [2.75, 3.05) is 32.8 Å². The number of hydrogen-bond donors (Lipinski definition) is 1. The SMILES string of the molecule is O=C(NCCc1ccccc1)C(=O)N1CCOCC1. The number of amides is 2. The molecule has 0 radical (unpaired) electrons. The summed E-state index contributed by atoms with van der Waals surface area (Å²) in [6, 6.07) is 9.85. The second kappa shape index (κ2) is 6.89. The number of nitrogens with one attached hydrogen (secondary N) is 1. The first-order valence-electron chi connectivity index (χ1n) is 6.46. The van der Waals surface area contributed by atoms with E-state index >= 15 is 0 Å². The second-order valence-electron chi connectivity index (χ2n) is 4.40. The molecule has 1 aromatic rings. The average Bonchev–Trinajstić information content (AvgIpc) is 2.48. The van der Waals surface area contributed by atoms with E-state index in [2.05, 4.69) is 5.32 Å². The van der Waals surface area contributed by atoms with Crippen molar-refractivity contribution in [3.8, 4) is 0 Å². The number of ether oxygens (including phenoxy) is 1. The van der Waals surface area contributed by atoms with Gasteiger partial charge in [0.2, 0.25) is 0 Å². The summed E-state index contributed by atoms with van der Waals surface area (Å²) in [5, 5.41) is 2.66. The summed E-state index contributed by atoms with van der Waals surface area (Å²) in [5.41, 5.74) is 1.14. The molecule has 0 saturated carbocycles. The first-order valence-corrected chi connectivity index (χ1v) is 6.46. The highest BCUT2D eigenvalue weighted by Crippen LogP contribution is 1.99. The molecule has 2 amide bonds. The Kier molecular flexibility index (Phi) is 4.92. The van der Waals surface area contributed by atoms with Gasteiger partial charge in [0, 0.05) is 19.6 Å². The Balaban J connectivity index is 1.73. The summed E-state index contributed by atoms with van der Waals surface area (Å²) >= 11 is 0. The molecule has 0 spiro atoms. The maximum atomic E-state index is 11.8. The van der Waals surface area contributed by atoms with Crippen LogP contribution < -0.4 is 5.32 Å². The highest BCUT2D eigenvalue weighted by atomic mass is 16.5. The summed E-state index contributed by atoms with van der Waals surface area (Å²) in [7, 11) is 0. The van der Waals surface area contributed by atoms with E-state index in [0.717, 1.165) is 12.0 Å². The number of rotatable bonds is 3. The molecule has 5 heteroatoms. The lowest BCUT2D eigenvalue weighted by molar-refractivity contribution is -0.148. The maximum absolute atomic E-state index is 11.8. The zero-order valence-electron chi connectivity index (χ0n) is 10.8. The fourth-order valence-corrected chi connectivity index (χ4v) is 1.95. The fourth-order valence-electron chi connectivity index (χ4n) is 1.95. The Labute approximate surface area is 112 Å². The van der Waals surface area contributed by atoms with E-state index in [4.69, 9.17) is 4.74 Å². The van der Waals surface area contributed by atoms with Crippen molar-refractivity contribution in [1.82, 2.24) is 10.2 Å². The van der Waals surface area contributed by atoms with Crippen LogP contribution in [0.15, 0.2) is 30.3 Å². The van der Waals surface area contributed by atoms with Gasteiger partial charge in [0.25, 0.3) is 0 Å². The normalized spacial score (nSPS) is 15.1. The first kappa shape index (κ1) is 13.5. The van der Waals surface area contributed by atoms with Gasteiger partial charge in [-0.1, -0.05) is 30.3 Å². The molecule has 1 N–H and O–H groups in total. The Bertz CT molecular complexity index is 428. The number of benzene rings is 1. The quantitative estimate of drug-likeness (QED) is 0.792. The third-order valence-electron chi connectivity index (χ3n) is 3.03. The van der Waals surface area contributed by atoms with Crippen LogP contribution in [-0.2, 0) is 20.7 Å². The van der Waals surface area contributed by atoms with E-state index < -0.39 is 11.8 Å². The van der Waals surface area contributed by atoms with Crippen LogP contribution in [0.2, 0.25) is 0 Å². The van der Waals surface area contributed by atoms with E-state index in [1.54, 1.807) is 0 Å². The van der Waals surface area contributed by atoms with Crippen LogP contribution in [0.3, 0.4) is 0 Å². The molecular weight excluding hydrogens is 244 g/mol. The topological polar surface area (TPSA) is 58.6 Å². The Morgan fingerprint density at radius 1 is 1.16 bits per heavy atom. The lowest BCUT2D eigenvalue weighted by atomic mass is 10.1. The van der Waals surface area contributed by atoms with Crippen molar-refractivity contribution in [3.63, 3.8) is 0 Å². The molecule has 1 aliphatic heterocycles. The summed E-state index contributed by atoms with van der Waals surface area (Å²) in [5.74, 6) is -0.991. The van der Waals surface area contributed by atoms with Gasteiger partial charge in [0.05, 0.1) is 13.2 Å². The van der Waals surface area contributed by atoms with E-state index in [1.165, 1.54) is 4.90 Å². The lowest BCUT2D eigenvalue weighted by Gasteiger charge is -2.26. The van der Waals surface area contributed by atoms with Crippen LogP contribution in [0, 0.1) is 0 Å². The molecule has 0 bridgehead atoms. The standard InChI is InChI=1S/C14H18N2O3/c17-13(14(18)16-8-10-19-11-9-16)15-7-6-12-4-2-1-3-5-12/h1-5H,6-11H2,(H,15,17). The predicted molar refractivity (Wildman–Crippen MR) is 70.6 cm³/mol. The minimum Gasteiger partial charge on any atom is -0.378 e. The minimum absolute atomic E-state index is 0.462. The fraction of sp³-hybridized carbons (Fsp3) is 0.429. The lowest BCUT2D eigenvalue weighted by Crippen LogP contribution is -2.48. The average molecular weight is 262 g/mol. The molecule has 1 fully saturated rings. The first-order chi connectivity index (χ1) is 9.27. The van der Waals surface area contributed by atoms with Crippen LogP contribution >= 0.6 is 0 Å². The van der Waals surface area contributed by atoms with Gasteiger partial charge in [-0.25, -0.2) is 0 Å². The van der Waals surface area contributed by atoms with Crippen LogP contribution in [0.4, 0.5) is 0 Å². The van der Waals surface area contributed by atoms with Gasteiger partial charge in [-0.3, -0.25) is 9.59 Å². The summed E-state index contributed by atoms with van der Waals surface area (Å²) < 4.78 is 5.14. The van der Waals surface area contributed by atoms with Gasteiger partial charge >= 0.3 is 11.8 Å². The van der Waals surface area contributed by atoms with Crippen molar-refractivity contribution in [2.45, 2.75) is 6.42 Å². The van der Waals surface area contributed by atoms with Crippen molar-refractivity contribution in [2.24, 2.45) is 0 Å².